The molecule has 18 fully saturated rings. The Hall–Kier alpha value is 0. The first-order chi connectivity index (χ1) is 34.7. The highest BCUT2D eigenvalue weighted by Gasteiger charge is 3.09. The molecule has 0 amide bonds. The molecule has 18 rings (SSSR count). The largest absolute Gasteiger partial charge is 0.0776 e. The van der Waals surface area contributed by atoms with Crippen molar-refractivity contribution in [3.63, 3.8) is 0 Å². The van der Waals surface area contributed by atoms with Crippen LogP contribution >= 0.6 is 0 Å². The molecule has 0 aromatic heterocycles. The molecule has 8 bridgehead atoms. The van der Waals surface area contributed by atoms with E-state index in [1.807, 2.05) is 69.2 Å². The second-order valence-electron chi connectivity index (χ2n) is 31.7. The fraction of sp³-hybridized carbons (Fsp3) is 1.00. The predicted molar refractivity (Wildman–Crippen MR) is 340 cm³/mol. The summed E-state index contributed by atoms with van der Waals surface area (Å²) in [6.07, 6.45) is 27.4. The van der Waals surface area contributed by atoms with Gasteiger partial charge in [-0.15, -0.1) is 0 Å². The minimum Gasteiger partial charge on any atom is -0.0776 e. The molecular weight excluding hydrogens is 901 g/mol. The zero-order chi connectivity index (χ0) is 57.0. The lowest BCUT2D eigenvalue weighted by Gasteiger charge is -3.13. The smallest absolute Gasteiger partial charge is 0.0172 e. The first-order valence-corrected chi connectivity index (χ1v) is 34.7. The number of hydrogen-bond acceptors (Lipinski definition) is 0. The number of rotatable bonds is 10. The summed E-state index contributed by atoms with van der Waals surface area (Å²) < 4.78 is 0. The van der Waals surface area contributed by atoms with Crippen LogP contribution in [0.15, 0.2) is 0 Å². The van der Waals surface area contributed by atoms with Gasteiger partial charge in [0.15, 0.2) is 0 Å². The zero-order valence-electron chi connectivity index (χ0n) is 57.0. The summed E-state index contributed by atoms with van der Waals surface area (Å²) in [4.78, 5) is 0. The molecule has 0 spiro atoms. The molecule has 0 heteroatoms. The summed E-state index contributed by atoms with van der Waals surface area (Å²) in [6, 6.07) is 0. The van der Waals surface area contributed by atoms with Crippen LogP contribution in [0, 0.1) is 149 Å². The van der Waals surface area contributed by atoms with Gasteiger partial charge in [-0.1, -0.05) is 222 Å². The van der Waals surface area contributed by atoms with E-state index in [0.29, 0.717) is 0 Å². The molecule has 18 aliphatic carbocycles. The van der Waals surface area contributed by atoms with E-state index in [2.05, 4.69) is 138 Å². The van der Waals surface area contributed by atoms with E-state index in [0.717, 1.165) is 113 Å². The molecule has 0 radical (unpaired) electrons. The van der Waals surface area contributed by atoms with Gasteiger partial charge >= 0.3 is 0 Å². The Morgan fingerprint density at radius 2 is 0.347 bits per heavy atom. The third-order valence-electron chi connectivity index (χ3n) is 28.3. The van der Waals surface area contributed by atoms with E-state index in [4.69, 9.17) is 0 Å². The molecule has 0 N–H and O–H groups in total. The first kappa shape index (κ1) is 69.3. The normalized spacial score (nSPS) is 44.8. The molecule has 0 saturated heterocycles. The second-order valence-corrected chi connectivity index (χ2v) is 31.7. The highest BCUT2D eigenvalue weighted by Crippen LogP contribution is 3.12. The van der Waals surface area contributed by atoms with Crippen LogP contribution in [-0.2, 0) is 0 Å². The van der Waals surface area contributed by atoms with Crippen LogP contribution in [0.25, 0.3) is 0 Å². The van der Waals surface area contributed by atoms with E-state index >= 15 is 0 Å². The van der Waals surface area contributed by atoms with Gasteiger partial charge in [0, 0.05) is 0 Å². The first-order valence-electron chi connectivity index (χ1n) is 34.7. The maximum absolute atomic E-state index is 2.49. The SMILES string of the molecule is C.CC.CC.CC.CC.CC.CC(C)C12C3C4C1C1C2C3C41C(C)C.CC(C)C12CC(C(C)C)(C1)C2.CC(C)C12CCC(C(C)C)(C1)C2.CC(C)C12CCC(C(C)C)(CC1)CC2.CC(C)C12CCCC(C(C)C)(C1)C2. The van der Waals surface area contributed by atoms with Crippen molar-refractivity contribution >= 4 is 0 Å². The van der Waals surface area contributed by atoms with Gasteiger partial charge in [-0.2, -0.15) is 0 Å². The van der Waals surface area contributed by atoms with Crippen LogP contribution in [0.4, 0.5) is 0 Å². The van der Waals surface area contributed by atoms with Gasteiger partial charge in [0.1, 0.15) is 0 Å². The Kier molecular flexibility index (Phi) is 22.9. The molecule has 0 aliphatic heterocycles. The van der Waals surface area contributed by atoms with Gasteiger partial charge in [-0.25, -0.2) is 0 Å². The average Bonchev–Trinajstić information content (AvgIpc) is 3.95. The third kappa shape index (κ3) is 9.79. The van der Waals surface area contributed by atoms with Crippen molar-refractivity contribution in [1.29, 1.82) is 0 Å². The zero-order valence-corrected chi connectivity index (χ0v) is 57.0. The maximum Gasteiger partial charge on any atom is -0.0172 e. The Balaban J connectivity index is 0.000000237. The van der Waals surface area contributed by atoms with Crippen molar-refractivity contribution in [3.05, 3.63) is 0 Å². The molecule has 0 atom stereocenters. The fourth-order valence-electron chi connectivity index (χ4n) is 22.6. The van der Waals surface area contributed by atoms with Gasteiger partial charge in [0.05, 0.1) is 0 Å². The Labute approximate surface area is 477 Å². The van der Waals surface area contributed by atoms with Crippen molar-refractivity contribution in [1.82, 2.24) is 0 Å². The molecular formula is C75H146. The maximum atomic E-state index is 2.49. The molecule has 0 aromatic carbocycles. The van der Waals surface area contributed by atoms with Gasteiger partial charge < -0.3 is 0 Å². The van der Waals surface area contributed by atoms with Gasteiger partial charge in [0.2, 0.25) is 0 Å². The molecule has 0 heterocycles. The lowest BCUT2D eigenvalue weighted by Crippen LogP contribution is -3.11. The van der Waals surface area contributed by atoms with E-state index < -0.39 is 0 Å². The highest BCUT2D eigenvalue weighted by molar-refractivity contribution is 5.55. The average molecular weight is 1050 g/mol. The molecule has 0 aromatic rings. The van der Waals surface area contributed by atoms with Crippen LogP contribution in [0.2, 0.25) is 0 Å². The van der Waals surface area contributed by atoms with Crippen LogP contribution in [0.1, 0.15) is 331 Å². The quantitative estimate of drug-likeness (QED) is 0.205. The topological polar surface area (TPSA) is 0 Å². The Bertz CT molecular complexity index is 1480. The van der Waals surface area contributed by atoms with Crippen molar-refractivity contribution in [2.75, 3.05) is 0 Å². The summed E-state index contributed by atoms with van der Waals surface area (Å²) in [5.74, 6) is 16.7. The van der Waals surface area contributed by atoms with Crippen LogP contribution in [-0.4, -0.2) is 0 Å². The van der Waals surface area contributed by atoms with Crippen molar-refractivity contribution in [2.24, 2.45) is 149 Å². The summed E-state index contributed by atoms with van der Waals surface area (Å²) in [6.45, 7) is 68.6. The van der Waals surface area contributed by atoms with E-state index in [1.54, 1.807) is 0 Å². The summed E-state index contributed by atoms with van der Waals surface area (Å²) >= 11 is 0. The summed E-state index contributed by atoms with van der Waals surface area (Å²) in [7, 11) is 0. The van der Waals surface area contributed by atoms with Crippen molar-refractivity contribution < 1.29 is 0 Å². The molecule has 0 unspecified atom stereocenters. The molecule has 18 aliphatic rings. The number of hydrogen-bond donors (Lipinski definition) is 0. The van der Waals surface area contributed by atoms with Crippen LogP contribution in [0.3, 0.4) is 0 Å². The van der Waals surface area contributed by atoms with E-state index in [9.17, 15) is 0 Å². The van der Waals surface area contributed by atoms with Gasteiger partial charge in [-0.05, 0) is 258 Å². The Morgan fingerprint density at radius 3 is 0.493 bits per heavy atom. The number of fused-ring (bicyclic) bond motifs is 6. The molecule has 446 valence electrons. The standard InChI is InChI=1S/C14H20.C14H26.C13H24.C12H22.C11H20.5C2H6.CH4/c1-5(2)13-7-10-8(13)12-9(13)11(7)14(10,12)6(3)4;1-11(2)13-5-8-14(9-6-13,10-7-13)12(3)4;1-10(2)12-6-5-7-13(8-12,9-12)11(3)4;1-9(2)11-5-6-12(7-11,8-11)10(3)4;1-8(2)10-5-11(6-10,7-10)9(3)4;5*1-2;/h5-12H,1-4H3;11-12H,5-10H2,1-4H3;10-11H,5-9H2,1-4H3;9-10H,5-8H2,1-4H3;8-9H,5-7H2,1-4H3;5*1-2H3;1H4. The fourth-order valence-corrected chi connectivity index (χ4v) is 22.6. The Morgan fingerprint density at radius 1 is 0.200 bits per heavy atom. The van der Waals surface area contributed by atoms with Crippen LogP contribution in [0.5, 0.6) is 0 Å². The predicted octanol–water partition coefficient (Wildman–Crippen LogP) is 25.0. The van der Waals surface area contributed by atoms with Crippen molar-refractivity contribution in [2.45, 2.75) is 331 Å². The van der Waals surface area contributed by atoms with E-state index in [-0.39, 0.29) is 7.43 Å². The van der Waals surface area contributed by atoms with Gasteiger partial charge in [-0.3, -0.25) is 0 Å². The lowest BCUT2D eigenvalue weighted by molar-refractivity contribution is -0.674. The van der Waals surface area contributed by atoms with E-state index in [1.165, 1.54) is 151 Å². The monoisotopic (exact) mass is 1050 g/mol. The van der Waals surface area contributed by atoms with Crippen LogP contribution < -0.4 is 0 Å². The second kappa shape index (κ2) is 24.8. The minimum absolute atomic E-state index is 0. The van der Waals surface area contributed by atoms with Gasteiger partial charge in [0.25, 0.3) is 0 Å². The minimum atomic E-state index is 0. The highest BCUT2D eigenvalue weighted by atomic mass is 15.1. The third-order valence-corrected chi connectivity index (χ3v) is 28.3. The summed E-state index contributed by atoms with van der Waals surface area (Å²) in [5.41, 5.74) is 8.06. The lowest BCUT2D eigenvalue weighted by atomic mass is 8.90. The molecule has 18 saturated carbocycles. The molecule has 0 nitrogen and oxygen atoms in total. The summed E-state index contributed by atoms with van der Waals surface area (Å²) in [5, 5.41) is 0. The van der Waals surface area contributed by atoms with Crippen molar-refractivity contribution in [3.8, 4) is 0 Å². The molecule has 75 heavy (non-hydrogen) atoms.